The molecule has 0 aliphatic carbocycles. The van der Waals surface area contributed by atoms with Crippen molar-refractivity contribution >= 4 is 22.9 Å². The summed E-state index contributed by atoms with van der Waals surface area (Å²) in [6, 6.07) is 14.7. The Morgan fingerprint density at radius 2 is 1.80 bits per heavy atom. The van der Waals surface area contributed by atoms with E-state index in [1.165, 1.54) is 18.3 Å². The van der Waals surface area contributed by atoms with E-state index >= 15 is 0 Å². The molecule has 98 valence electrons. The molecule has 0 amide bonds. The highest BCUT2D eigenvalue weighted by molar-refractivity contribution is 5.84. The van der Waals surface area contributed by atoms with Gasteiger partial charge in [0.15, 0.2) is 0 Å². The van der Waals surface area contributed by atoms with Crippen LogP contribution in [0.15, 0.2) is 68.8 Å². The van der Waals surface area contributed by atoms with Crippen molar-refractivity contribution in [2.75, 3.05) is 0 Å². The van der Waals surface area contributed by atoms with Crippen LogP contribution in [-0.2, 0) is 0 Å². The smallest absolute Gasteiger partial charge is 0.362 e. The van der Waals surface area contributed by atoms with Gasteiger partial charge in [0.25, 0.3) is 0 Å². The van der Waals surface area contributed by atoms with E-state index in [0.717, 1.165) is 5.39 Å². The van der Waals surface area contributed by atoms with Gasteiger partial charge in [0.2, 0.25) is 0 Å². The van der Waals surface area contributed by atoms with Crippen LogP contribution in [0.1, 0.15) is 5.56 Å². The van der Waals surface area contributed by atoms with Crippen molar-refractivity contribution in [2.45, 2.75) is 0 Å². The second-order valence-corrected chi connectivity index (χ2v) is 4.27. The second kappa shape index (κ2) is 5.09. The summed E-state index contributed by atoms with van der Waals surface area (Å²) in [6.07, 6.45) is 1.50. The minimum Gasteiger partial charge on any atom is -0.421 e. The van der Waals surface area contributed by atoms with Crippen LogP contribution in [-0.4, -0.2) is 6.21 Å². The normalized spacial score (nSPS) is 11.2. The van der Waals surface area contributed by atoms with E-state index in [4.69, 9.17) is 4.42 Å². The summed E-state index contributed by atoms with van der Waals surface area (Å²) in [4.78, 5) is 15.9. The third-order valence-corrected chi connectivity index (χ3v) is 2.85. The molecule has 0 atom stereocenters. The van der Waals surface area contributed by atoms with Crippen molar-refractivity contribution < 1.29 is 8.81 Å². The number of halogens is 1. The van der Waals surface area contributed by atoms with Gasteiger partial charge in [-0.3, -0.25) is 0 Å². The fourth-order valence-electron chi connectivity index (χ4n) is 1.83. The van der Waals surface area contributed by atoms with Gasteiger partial charge in [-0.15, -0.1) is 0 Å². The first-order valence-corrected chi connectivity index (χ1v) is 6.05. The Morgan fingerprint density at radius 3 is 2.60 bits per heavy atom. The van der Waals surface area contributed by atoms with Crippen LogP contribution < -0.4 is 5.63 Å². The van der Waals surface area contributed by atoms with Crippen LogP contribution in [0.25, 0.3) is 11.0 Å². The molecule has 20 heavy (non-hydrogen) atoms. The van der Waals surface area contributed by atoms with E-state index in [-0.39, 0.29) is 11.5 Å². The molecule has 0 aliphatic rings. The Morgan fingerprint density at radius 1 is 1.05 bits per heavy atom. The zero-order valence-electron chi connectivity index (χ0n) is 10.4. The van der Waals surface area contributed by atoms with Crippen LogP contribution >= 0.6 is 0 Å². The molecule has 0 aliphatic heterocycles. The molecule has 2 aromatic carbocycles. The van der Waals surface area contributed by atoms with E-state index in [2.05, 4.69) is 4.99 Å². The molecule has 0 saturated heterocycles. The lowest BCUT2D eigenvalue weighted by atomic mass is 10.2. The topological polar surface area (TPSA) is 42.6 Å². The van der Waals surface area contributed by atoms with Crippen LogP contribution in [0, 0.1) is 5.82 Å². The first kappa shape index (κ1) is 12.3. The SMILES string of the molecule is O=c1oc2ccccc2cc1N=Cc1ccc(F)cc1. The Hall–Kier alpha value is -2.75. The number of fused-ring (bicyclic) bond motifs is 1. The molecule has 0 unspecified atom stereocenters. The van der Waals surface area contributed by atoms with Crippen LogP contribution in [0.3, 0.4) is 0 Å². The summed E-state index contributed by atoms with van der Waals surface area (Å²) < 4.78 is 18.0. The van der Waals surface area contributed by atoms with E-state index in [1.54, 1.807) is 30.3 Å². The van der Waals surface area contributed by atoms with Crippen molar-refractivity contribution in [3.05, 3.63) is 76.4 Å². The third kappa shape index (κ3) is 2.49. The second-order valence-electron chi connectivity index (χ2n) is 4.27. The van der Waals surface area contributed by atoms with E-state index in [1.807, 2.05) is 12.1 Å². The number of nitrogens with zero attached hydrogens (tertiary/aromatic N) is 1. The van der Waals surface area contributed by atoms with Gasteiger partial charge in [0.1, 0.15) is 17.1 Å². The lowest BCUT2D eigenvalue weighted by molar-refractivity contribution is 0.563. The summed E-state index contributed by atoms with van der Waals surface area (Å²) >= 11 is 0. The lowest BCUT2D eigenvalue weighted by Gasteiger charge is -1.97. The van der Waals surface area contributed by atoms with Crippen molar-refractivity contribution in [3.8, 4) is 0 Å². The monoisotopic (exact) mass is 267 g/mol. The molecule has 3 aromatic rings. The summed E-state index contributed by atoms with van der Waals surface area (Å²) in [6.45, 7) is 0. The van der Waals surface area contributed by atoms with Crippen molar-refractivity contribution in [1.82, 2.24) is 0 Å². The Kier molecular flexibility index (Phi) is 3.13. The standard InChI is InChI=1S/C16H10FNO2/c17-13-7-5-11(6-8-13)10-18-14-9-12-3-1-2-4-15(12)20-16(14)19/h1-10H. The molecule has 0 bridgehead atoms. The van der Waals surface area contributed by atoms with Gasteiger partial charge in [0, 0.05) is 11.6 Å². The molecule has 1 aromatic heterocycles. The molecule has 0 saturated carbocycles. The van der Waals surface area contributed by atoms with Gasteiger partial charge in [0.05, 0.1) is 0 Å². The first-order valence-electron chi connectivity index (χ1n) is 6.05. The molecular formula is C16H10FNO2. The van der Waals surface area contributed by atoms with E-state index < -0.39 is 5.63 Å². The molecule has 3 rings (SSSR count). The Labute approximate surface area is 114 Å². The maximum Gasteiger partial charge on any atom is 0.362 e. The van der Waals surface area contributed by atoms with Crippen LogP contribution in [0.2, 0.25) is 0 Å². The Balaban J connectivity index is 2.00. The van der Waals surface area contributed by atoms with Gasteiger partial charge in [-0.25, -0.2) is 14.2 Å². The van der Waals surface area contributed by atoms with Crippen molar-refractivity contribution in [1.29, 1.82) is 0 Å². The molecule has 3 nitrogen and oxygen atoms in total. The van der Waals surface area contributed by atoms with Gasteiger partial charge < -0.3 is 4.42 Å². The molecule has 1 heterocycles. The number of hydrogen-bond acceptors (Lipinski definition) is 3. The van der Waals surface area contributed by atoms with Crippen molar-refractivity contribution in [3.63, 3.8) is 0 Å². The van der Waals surface area contributed by atoms with Crippen molar-refractivity contribution in [2.24, 2.45) is 4.99 Å². The fourth-order valence-corrected chi connectivity index (χ4v) is 1.83. The summed E-state index contributed by atoms with van der Waals surface area (Å²) in [5.41, 5.74) is 0.951. The maximum absolute atomic E-state index is 12.8. The quantitative estimate of drug-likeness (QED) is 0.525. The summed E-state index contributed by atoms with van der Waals surface area (Å²) in [5.74, 6) is -0.313. The minimum absolute atomic E-state index is 0.216. The van der Waals surface area contributed by atoms with E-state index in [9.17, 15) is 9.18 Å². The number of benzene rings is 2. The highest BCUT2D eigenvalue weighted by Gasteiger charge is 2.02. The highest BCUT2D eigenvalue weighted by atomic mass is 19.1. The summed E-state index contributed by atoms with van der Waals surface area (Å²) in [7, 11) is 0. The van der Waals surface area contributed by atoms with Gasteiger partial charge in [-0.05, 0) is 29.8 Å². The average molecular weight is 267 g/mol. The number of rotatable bonds is 2. The fraction of sp³-hybridized carbons (Fsp3) is 0. The zero-order chi connectivity index (χ0) is 13.9. The lowest BCUT2D eigenvalue weighted by Crippen LogP contribution is -1.97. The number of para-hydroxylation sites is 1. The van der Waals surface area contributed by atoms with E-state index in [0.29, 0.717) is 11.1 Å². The molecular weight excluding hydrogens is 257 g/mol. The predicted octanol–water partition coefficient (Wildman–Crippen LogP) is 3.68. The van der Waals surface area contributed by atoms with Gasteiger partial charge in [-0.1, -0.05) is 30.3 Å². The predicted molar refractivity (Wildman–Crippen MR) is 76.1 cm³/mol. The van der Waals surface area contributed by atoms with Crippen LogP contribution in [0.4, 0.5) is 10.1 Å². The minimum atomic E-state index is -0.498. The number of hydrogen-bond donors (Lipinski definition) is 0. The third-order valence-electron chi connectivity index (χ3n) is 2.85. The molecule has 0 N–H and O–H groups in total. The van der Waals surface area contributed by atoms with Gasteiger partial charge >= 0.3 is 5.63 Å². The molecule has 0 radical (unpaired) electrons. The maximum atomic E-state index is 12.8. The summed E-state index contributed by atoms with van der Waals surface area (Å²) in [5, 5.41) is 0.804. The Bertz CT molecular complexity index is 835. The van der Waals surface area contributed by atoms with Crippen LogP contribution in [0.5, 0.6) is 0 Å². The van der Waals surface area contributed by atoms with Gasteiger partial charge in [-0.2, -0.15) is 0 Å². The number of aliphatic imine (C=N–C) groups is 1. The molecule has 0 fully saturated rings. The molecule has 0 spiro atoms. The highest BCUT2D eigenvalue weighted by Crippen LogP contribution is 2.16. The average Bonchev–Trinajstić information content (AvgIpc) is 2.47. The molecule has 4 heteroatoms. The first-order chi connectivity index (χ1) is 9.72. The zero-order valence-corrected chi connectivity index (χ0v) is 10.4. The largest absolute Gasteiger partial charge is 0.421 e.